The summed E-state index contributed by atoms with van der Waals surface area (Å²) in [5.74, 6) is -3.84. The Bertz CT molecular complexity index is 307. The van der Waals surface area contributed by atoms with Gasteiger partial charge in [0, 0.05) is 6.42 Å². The van der Waals surface area contributed by atoms with E-state index in [-0.39, 0.29) is 10.9 Å². The van der Waals surface area contributed by atoms with Crippen molar-refractivity contribution >= 4 is 11.9 Å². The van der Waals surface area contributed by atoms with Crippen LogP contribution in [0.3, 0.4) is 0 Å². The average molecular weight is 247 g/mol. The number of hydrogen-bond donors (Lipinski definition) is 2. The molecule has 0 aromatic heterocycles. The molecule has 0 heterocycles. The molecule has 0 rings (SSSR count). The van der Waals surface area contributed by atoms with E-state index < -0.39 is 29.5 Å². The predicted octanol–water partition coefficient (Wildman–Crippen LogP) is -1.33. The molecule has 0 fully saturated rings. The van der Waals surface area contributed by atoms with Crippen molar-refractivity contribution in [2.24, 2.45) is 5.92 Å². The largest absolute Gasteiger partial charge is 0.544 e. The second-order valence-electron chi connectivity index (χ2n) is 5.34. The predicted molar refractivity (Wildman–Crippen MR) is 58.9 cm³/mol. The quantitative estimate of drug-likeness (QED) is 0.567. The fraction of sp³-hybridized carbons (Fsp3) is 0.818. The number of carboxylic acid groups (broad SMARTS) is 2. The first-order chi connectivity index (χ1) is 7.46. The monoisotopic (exact) mass is 247 g/mol. The Kier molecular flexibility index (Phi) is 4.68. The Labute approximate surface area is 101 Å². The van der Waals surface area contributed by atoms with E-state index in [1.54, 1.807) is 21.1 Å². The molecule has 6 heteroatoms. The van der Waals surface area contributed by atoms with Crippen LogP contribution in [0.15, 0.2) is 0 Å². The smallest absolute Gasteiger partial charge is 0.313 e. The van der Waals surface area contributed by atoms with Crippen molar-refractivity contribution < 1.29 is 29.4 Å². The molecule has 0 saturated carbocycles. The second kappa shape index (κ2) is 5.01. The molecule has 0 radical (unpaired) electrons. The molecule has 0 aromatic carbocycles. The minimum atomic E-state index is -1.67. The highest BCUT2D eigenvalue weighted by Crippen LogP contribution is 2.33. The third-order valence-corrected chi connectivity index (χ3v) is 3.24. The normalized spacial score (nSPS) is 19.2. The Morgan fingerprint density at radius 2 is 1.71 bits per heavy atom. The zero-order valence-corrected chi connectivity index (χ0v) is 10.9. The molecule has 3 unspecified atom stereocenters. The Morgan fingerprint density at radius 1 is 1.29 bits per heavy atom. The topological polar surface area (TPSA) is 97.7 Å². The van der Waals surface area contributed by atoms with Gasteiger partial charge in [0.1, 0.15) is 11.9 Å². The molecule has 0 saturated heterocycles. The second-order valence-corrected chi connectivity index (χ2v) is 5.34. The van der Waals surface area contributed by atoms with Crippen molar-refractivity contribution in [3.8, 4) is 0 Å². The van der Waals surface area contributed by atoms with Gasteiger partial charge < -0.3 is 24.6 Å². The molecule has 100 valence electrons. The summed E-state index contributed by atoms with van der Waals surface area (Å²) in [5, 5.41) is 29.9. The van der Waals surface area contributed by atoms with Gasteiger partial charge in [-0.2, -0.15) is 0 Å². The van der Waals surface area contributed by atoms with Gasteiger partial charge in [0.2, 0.25) is 0 Å². The van der Waals surface area contributed by atoms with Crippen molar-refractivity contribution in [1.29, 1.82) is 0 Å². The standard InChI is InChI=1S/C11H21NO5/c1-7(13)6-11(10(16)17,12(3,4)5)8(2)9(14)15/h7-8,13H,6H2,1-5H3,(H-,14,15,16,17). The van der Waals surface area contributed by atoms with Crippen LogP contribution in [-0.4, -0.2) is 59.4 Å². The van der Waals surface area contributed by atoms with Gasteiger partial charge >= 0.3 is 5.97 Å². The SMILES string of the molecule is CC(O)CC(C(=O)[O-])(C(C)C(=O)O)[N+](C)(C)C. The minimum Gasteiger partial charge on any atom is -0.544 e. The highest BCUT2D eigenvalue weighted by atomic mass is 16.4. The lowest BCUT2D eigenvalue weighted by atomic mass is 9.77. The van der Waals surface area contributed by atoms with Crippen molar-refractivity contribution in [3.05, 3.63) is 0 Å². The summed E-state index contributed by atoms with van der Waals surface area (Å²) < 4.78 is -0.131. The van der Waals surface area contributed by atoms with Crippen LogP contribution in [-0.2, 0) is 9.59 Å². The summed E-state index contributed by atoms with van der Waals surface area (Å²) in [6.45, 7) is 2.76. The fourth-order valence-electron chi connectivity index (χ4n) is 2.22. The van der Waals surface area contributed by atoms with Crippen LogP contribution in [0.25, 0.3) is 0 Å². The van der Waals surface area contributed by atoms with Crippen LogP contribution in [0.2, 0.25) is 0 Å². The average Bonchev–Trinajstić information content (AvgIpc) is 2.09. The van der Waals surface area contributed by atoms with Gasteiger partial charge in [-0.1, -0.05) is 0 Å². The summed E-state index contributed by atoms with van der Waals surface area (Å²) in [6.07, 6.45) is -1.10. The number of hydrogen-bond acceptors (Lipinski definition) is 4. The van der Waals surface area contributed by atoms with Crippen molar-refractivity contribution in [3.63, 3.8) is 0 Å². The van der Waals surface area contributed by atoms with Gasteiger partial charge in [-0.25, -0.2) is 0 Å². The van der Waals surface area contributed by atoms with Crippen LogP contribution in [0.1, 0.15) is 20.3 Å². The minimum absolute atomic E-state index is 0.131. The van der Waals surface area contributed by atoms with E-state index in [2.05, 4.69) is 0 Å². The van der Waals surface area contributed by atoms with Crippen LogP contribution < -0.4 is 5.11 Å². The summed E-state index contributed by atoms with van der Waals surface area (Å²) >= 11 is 0. The van der Waals surface area contributed by atoms with Gasteiger partial charge in [0.25, 0.3) is 0 Å². The first-order valence-electron chi connectivity index (χ1n) is 5.40. The van der Waals surface area contributed by atoms with E-state index in [1.807, 2.05) is 0 Å². The van der Waals surface area contributed by atoms with E-state index in [1.165, 1.54) is 13.8 Å². The molecule has 0 bridgehead atoms. The first-order valence-corrected chi connectivity index (χ1v) is 5.40. The summed E-state index contributed by atoms with van der Waals surface area (Å²) in [5.41, 5.74) is -1.67. The molecule has 0 aliphatic heterocycles. The Hall–Kier alpha value is -1.14. The van der Waals surface area contributed by atoms with Gasteiger partial charge in [-0.15, -0.1) is 0 Å². The van der Waals surface area contributed by atoms with Crippen LogP contribution in [0.4, 0.5) is 0 Å². The summed E-state index contributed by atoms with van der Waals surface area (Å²) in [6, 6.07) is 0. The maximum Gasteiger partial charge on any atom is 0.313 e. The first kappa shape index (κ1) is 15.9. The fourth-order valence-corrected chi connectivity index (χ4v) is 2.22. The number of rotatable bonds is 6. The van der Waals surface area contributed by atoms with Gasteiger partial charge in [-0.3, -0.25) is 4.79 Å². The van der Waals surface area contributed by atoms with Crippen LogP contribution in [0, 0.1) is 5.92 Å². The number of quaternary nitrogens is 1. The lowest BCUT2D eigenvalue weighted by Crippen LogP contribution is -2.71. The van der Waals surface area contributed by atoms with Crippen LogP contribution >= 0.6 is 0 Å². The Morgan fingerprint density at radius 3 is 1.88 bits per heavy atom. The molecule has 3 atom stereocenters. The Balaban J connectivity index is 5.74. The van der Waals surface area contributed by atoms with E-state index in [4.69, 9.17) is 5.11 Å². The van der Waals surface area contributed by atoms with Gasteiger partial charge in [0.15, 0.2) is 5.54 Å². The number of likely N-dealkylation sites (N-methyl/N-ethyl adjacent to an activating group) is 1. The van der Waals surface area contributed by atoms with Crippen molar-refractivity contribution in [1.82, 2.24) is 0 Å². The lowest BCUT2D eigenvalue weighted by molar-refractivity contribution is -0.920. The molecule has 0 aromatic rings. The molecule has 6 nitrogen and oxygen atoms in total. The third kappa shape index (κ3) is 2.95. The van der Waals surface area contributed by atoms with Crippen molar-refractivity contribution in [2.75, 3.05) is 21.1 Å². The van der Waals surface area contributed by atoms with E-state index >= 15 is 0 Å². The highest BCUT2D eigenvalue weighted by molar-refractivity contribution is 5.84. The number of carbonyl (C=O) groups is 2. The number of carboxylic acids is 2. The number of aliphatic hydroxyl groups excluding tert-OH is 1. The molecule has 0 amide bonds. The van der Waals surface area contributed by atoms with Crippen molar-refractivity contribution in [2.45, 2.75) is 31.9 Å². The summed E-state index contributed by atoms with van der Waals surface area (Å²) in [4.78, 5) is 22.5. The molecule has 0 aliphatic rings. The molecular formula is C11H21NO5. The maximum absolute atomic E-state index is 11.4. The summed E-state index contributed by atoms with van der Waals surface area (Å²) in [7, 11) is 4.74. The van der Waals surface area contributed by atoms with E-state index in [0.29, 0.717) is 0 Å². The van der Waals surface area contributed by atoms with Crippen LogP contribution in [0.5, 0.6) is 0 Å². The molecule has 17 heavy (non-hydrogen) atoms. The zero-order valence-electron chi connectivity index (χ0n) is 10.9. The van der Waals surface area contributed by atoms with E-state index in [0.717, 1.165) is 0 Å². The van der Waals surface area contributed by atoms with E-state index in [9.17, 15) is 19.8 Å². The molecule has 0 spiro atoms. The third-order valence-electron chi connectivity index (χ3n) is 3.24. The zero-order chi connectivity index (χ0) is 14.0. The molecule has 0 aliphatic carbocycles. The van der Waals surface area contributed by atoms with Gasteiger partial charge in [-0.05, 0) is 13.8 Å². The number of aliphatic carboxylic acids is 2. The molecular weight excluding hydrogens is 226 g/mol. The maximum atomic E-state index is 11.4. The number of carbonyl (C=O) groups excluding carboxylic acids is 1. The molecule has 2 N–H and O–H groups in total. The lowest BCUT2D eigenvalue weighted by Gasteiger charge is -2.49. The number of nitrogens with zero attached hydrogens (tertiary/aromatic N) is 1. The number of aliphatic hydroxyl groups is 1. The highest BCUT2D eigenvalue weighted by Gasteiger charge is 2.53. The van der Waals surface area contributed by atoms with Gasteiger partial charge in [0.05, 0.1) is 27.2 Å².